The van der Waals surface area contributed by atoms with Crippen LogP contribution in [0.25, 0.3) is 0 Å². The van der Waals surface area contributed by atoms with E-state index in [1.54, 1.807) is 0 Å². The zero-order valence-electron chi connectivity index (χ0n) is 9.88. The van der Waals surface area contributed by atoms with Gasteiger partial charge in [-0.3, -0.25) is 0 Å². The average Bonchev–Trinajstić information content (AvgIpc) is 2.23. The number of thiocarbonyl (C=S) groups is 4. The number of hydrogen-bond donors (Lipinski definition) is 4. The zero-order valence-corrected chi connectivity index (χ0v) is 17.7. The normalized spacial score (nSPS) is 8.72. The second-order valence-corrected chi connectivity index (χ2v) is 16.9. The maximum atomic E-state index is 5.29. The van der Waals surface area contributed by atoms with Gasteiger partial charge in [0.15, 0.2) is 0 Å². The summed E-state index contributed by atoms with van der Waals surface area (Å²) < 4.78 is 2.09. The molecule has 0 bridgehead atoms. The van der Waals surface area contributed by atoms with E-state index in [0.717, 1.165) is 11.5 Å². The van der Waals surface area contributed by atoms with E-state index in [9.17, 15) is 0 Å². The Bertz CT molecular complexity index is 293. The SMILES string of the molecule is NC(=S)SCCSC(N)=S.[CH3][Zn]([C](N)=S)[C](N)=S. The van der Waals surface area contributed by atoms with E-state index in [2.05, 4.69) is 24.4 Å². The molecule has 11 heteroatoms. The summed E-state index contributed by atoms with van der Waals surface area (Å²) in [4.78, 5) is 0. The fourth-order valence-corrected chi connectivity index (χ4v) is 4.84. The minimum atomic E-state index is -1.94. The van der Waals surface area contributed by atoms with Crippen LogP contribution in [0.2, 0.25) is 5.52 Å². The van der Waals surface area contributed by atoms with Crippen LogP contribution in [0.4, 0.5) is 0 Å². The molecule has 0 saturated carbocycles. The Morgan fingerprint density at radius 2 is 1.11 bits per heavy atom. The van der Waals surface area contributed by atoms with E-state index < -0.39 is 16.0 Å². The van der Waals surface area contributed by atoms with Gasteiger partial charge >= 0.3 is 64.5 Å². The van der Waals surface area contributed by atoms with Crippen molar-refractivity contribution in [3.05, 3.63) is 0 Å². The maximum absolute atomic E-state index is 5.29. The molecule has 0 aromatic heterocycles. The first-order chi connectivity index (χ1) is 8.18. The molecular weight excluding hydrogens is 398 g/mol. The quantitative estimate of drug-likeness (QED) is 0.298. The van der Waals surface area contributed by atoms with E-state index in [1.807, 2.05) is 5.52 Å². The van der Waals surface area contributed by atoms with Crippen molar-refractivity contribution in [1.29, 1.82) is 0 Å². The van der Waals surface area contributed by atoms with Crippen LogP contribution in [0.1, 0.15) is 0 Å². The zero-order chi connectivity index (χ0) is 14.7. The molecule has 0 radical (unpaired) electrons. The monoisotopic (exact) mass is 411 g/mol. The van der Waals surface area contributed by atoms with Gasteiger partial charge in [-0.2, -0.15) is 0 Å². The predicted octanol–water partition coefficient (Wildman–Crippen LogP) is 1.08. The molecule has 0 aliphatic heterocycles. The van der Waals surface area contributed by atoms with Gasteiger partial charge < -0.3 is 11.5 Å². The van der Waals surface area contributed by atoms with Crippen molar-refractivity contribution in [1.82, 2.24) is 0 Å². The molecular formula is C7H15N4S6Zn. The van der Waals surface area contributed by atoms with Gasteiger partial charge in [0.05, 0.1) is 0 Å². The summed E-state index contributed by atoms with van der Waals surface area (Å²) in [7, 11) is 0. The van der Waals surface area contributed by atoms with Crippen LogP contribution in [0.5, 0.6) is 0 Å². The molecule has 0 aromatic rings. The standard InChI is InChI=1S/C4H8N2S4.2CH2NS.CH3.Zn/c5-3(7)9-1-2-10-4(6)8;2*2-1-3;;/h1-2H2,(H2,5,7)(H2,6,8);2*(H2,2,3);1H3;. The Morgan fingerprint density at radius 1 is 0.833 bits per heavy atom. The first kappa shape index (κ1) is 21.2. The summed E-state index contributed by atoms with van der Waals surface area (Å²) in [6, 6.07) is 0. The summed E-state index contributed by atoms with van der Waals surface area (Å²) in [5.74, 6) is 1.74. The van der Waals surface area contributed by atoms with E-state index >= 15 is 0 Å². The number of rotatable bonds is 5. The van der Waals surface area contributed by atoms with Crippen LogP contribution in [0.3, 0.4) is 0 Å². The summed E-state index contributed by atoms with van der Waals surface area (Å²) in [6.45, 7) is 0. The van der Waals surface area contributed by atoms with Crippen molar-refractivity contribution in [2.24, 2.45) is 22.9 Å². The van der Waals surface area contributed by atoms with Gasteiger partial charge in [-0.25, -0.2) is 0 Å². The van der Waals surface area contributed by atoms with Gasteiger partial charge in [-0.05, 0) is 0 Å². The van der Waals surface area contributed by atoms with Crippen molar-refractivity contribution < 1.29 is 16.0 Å². The molecule has 0 heterocycles. The minimum absolute atomic E-state index is 0.475. The molecule has 0 aliphatic carbocycles. The van der Waals surface area contributed by atoms with Crippen molar-refractivity contribution in [2.75, 3.05) is 11.5 Å². The van der Waals surface area contributed by atoms with Gasteiger partial charge in [-0.15, -0.1) is 0 Å². The molecule has 4 nitrogen and oxygen atoms in total. The third kappa shape index (κ3) is 16.9. The molecule has 0 aromatic carbocycles. The van der Waals surface area contributed by atoms with Gasteiger partial charge in [0.1, 0.15) is 8.64 Å². The van der Waals surface area contributed by atoms with Crippen LogP contribution in [-0.2, 0) is 16.0 Å². The second kappa shape index (κ2) is 12.9. The Hall–Kier alpha value is 0.883. The molecule has 0 spiro atoms. The summed E-state index contributed by atoms with van der Waals surface area (Å²) in [5.41, 5.74) is 23.0. The average molecular weight is 413 g/mol. The third-order valence-electron chi connectivity index (χ3n) is 1.62. The van der Waals surface area contributed by atoms with E-state index in [1.165, 1.54) is 23.5 Å². The summed E-state index contributed by atoms with van der Waals surface area (Å²) >= 11 is 19.6. The molecule has 0 amide bonds. The van der Waals surface area contributed by atoms with Crippen molar-refractivity contribution in [3.8, 4) is 0 Å². The molecule has 0 rings (SSSR count). The van der Waals surface area contributed by atoms with Gasteiger partial charge in [0, 0.05) is 11.5 Å². The fraction of sp³-hybridized carbons (Fsp3) is 0.429. The molecule has 101 valence electrons. The van der Waals surface area contributed by atoms with E-state index in [-0.39, 0.29) is 0 Å². The Labute approximate surface area is 143 Å². The van der Waals surface area contributed by atoms with Crippen molar-refractivity contribution >= 4 is 88.2 Å². The van der Waals surface area contributed by atoms with Crippen molar-refractivity contribution in [3.63, 3.8) is 0 Å². The molecule has 0 atom stereocenters. The molecule has 0 saturated heterocycles. The van der Waals surface area contributed by atoms with Gasteiger partial charge in [0.25, 0.3) is 0 Å². The van der Waals surface area contributed by atoms with Crippen LogP contribution < -0.4 is 22.9 Å². The van der Waals surface area contributed by atoms with Crippen LogP contribution in [0.15, 0.2) is 0 Å². The third-order valence-corrected chi connectivity index (χ3v) is 12.9. The summed E-state index contributed by atoms with van der Waals surface area (Å²) in [6.07, 6.45) is 0. The Balaban J connectivity index is 0. The second-order valence-electron chi connectivity index (χ2n) is 3.15. The molecule has 8 N–H and O–H groups in total. The van der Waals surface area contributed by atoms with Gasteiger partial charge in [-0.1, -0.05) is 48.0 Å². The number of thioether (sulfide) groups is 2. The number of nitrogens with two attached hydrogens (primary N) is 4. The van der Waals surface area contributed by atoms with Gasteiger partial charge in [0.2, 0.25) is 0 Å². The predicted molar refractivity (Wildman–Crippen MR) is 97.9 cm³/mol. The topological polar surface area (TPSA) is 104 Å². The van der Waals surface area contributed by atoms with E-state index in [0.29, 0.717) is 15.8 Å². The first-order valence-electron chi connectivity index (χ1n) is 4.87. The molecule has 0 aliphatic rings. The van der Waals surface area contributed by atoms with Crippen LogP contribution >= 0.6 is 72.4 Å². The molecule has 0 fully saturated rings. The van der Waals surface area contributed by atoms with Crippen LogP contribution in [0, 0.1) is 0 Å². The Kier molecular flexibility index (Phi) is 15.2. The number of hydrogen-bond acceptors (Lipinski definition) is 6. The van der Waals surface area contributed by atoms with Crippen LogP contribution in [-0.4, -0.2) is 27.3 Å². The first-order valence-corrected chi connectivity index (χ1v) is 14.4. The fourth-order valence-electron chi connectivity index (χ4n) is 0.456. The molecule has 18 heavy (non-hydrogen) atoms. The van der Waals surface area contributed by atoms with E-state index in [4.69, 9.17) is 47.4 Å². The van der Waals surface area contributed by atoms with Crippen molar-refractivity contribution in [2.45, 2.75) is 5.52 Å². The summed E-state index contributed by atoms with van der Waals surface area (Å²) in [5, 5.41) is 0. The molecule has 0 unspecified atom stereocenters. The Morgan fingerprint density at radius 3 is 1.22 bits per heavy atom.